The van der Waals surface area contributed by atoms with Crippen LogP contribution in [0.3, 0.4) is 0 Å². The first-order valence-electron chi connectivity index (χ1n) is 8.81. The summed E-state index contributed by atoms with van der Waals surface area (Å²) in [4.78, 5) is 14.0. The molecule has 1 fully saturated rings. The molecule has 1 saturated heterocycles. The Bertz CT molecular complexity index is 662. The van der Waals surface area contributed by atoms with Gasteiger partial charge in [0.15, 0.2) is 5.76 Å². The lowest BCUT2D eigenvalue weighted by atomic mass is 10.2. The van der Waals surface area contributed by atoms with Crippen LogP contribution in [0.1, 0.15) is 43.4 Å². The molecule has 0 aromatic carbocycles. The minimum Gasteiger partial charge on any atom is -0.460 e. The third kappa shape index (κ3) is 4.26. The fraction of sp³-hybridized carbons (Fsp3) is 0.556. The van der Waals surface area contributed by atoms with Crippen molar-refractivity contribution in [3.8, 4) is 11.5 Å². The molecule has 0 spiro atoms. The van der Waals surface area contributed by atoms with Gasteiger partial charge in [-0.25, -0.2) is 0 Å². The predicted molar refractivity (Wildman–Crippen MR) is 92.4 cm³/mol. The molecule has 130 valence electrons. The van der Waals surface area contributed by atoms with Gasteiger partial charge in [0.2, 0.25) is 5.91 Å². The summed E-state index contributed by atoms with van der Waals surface area (Å²) in [5.74, 6) is 2.02. The standard InChI is InChI=1S/C18H26N4O2/c1-14-7-8-16(24-14)18-15(13-20-21-18)12-19-9-5-11-22-10-4-2-3-6-17(22)23/h7-8,13,19H,2-6,9-12H2,1H3,(H,20,21). The number of H-pyrrole nitrogens is 1. The van der Waals surface area contributed by atoms with Gasteiger partial charge >= 0.3 is 0 Å². The number of hydrogen-bond donors (Lipinski definition) is 2. The molecule has 24 heavy (non-hydrogen) atoms. The predicted octanol–water partition coefficient (Wildman–Crippen LogP) is 2.86. The number of furan rings is 1. The lowest BCUT2D eigenvalue weighted by Crippen LogP contribution is -2.32. The first-order chi connectivity index (χ1) is 11.7. The van der Waals surface area contributed by atoms with Crippen molar-refractivity contribution in [3.05, 3.63) is 29.7 Å². The average molecular weight is 330 g/mol. The summed E-state index contributed by atoms with van der Waals surface area (Å²) in [5, 5.41) is 10.6. The summed E-state index contributed by atoms with van der Waals surface area (Å²) in [5.41, 5.74) is 2.02. The summed E-state index contributed by atoms with van der Waals surface area (Å²) in [6.07, 6.45) is 6.88. The molecule has 6 heteroatoms. The van der Waals surface area contributed by atoms with Crippen molar-refractivity contribution in [2.24, 2.45) is 0 Å². The number of carbonyl (C=O) groups is 1. The fourth-order valence-electron chi connectivity index (χ4n) is 3.12. The normalized spacial score (nSPS) is 15.7. The van der Waals surface area contributed by atoms with Gasteiger partial charge in [-0.05, 0) is 44.9 Å². The molecule has 2 aromatic heterocycles. The first kappa shape index (κ1) is 16.8. The average Bonchev–Trinajstić information content (AvgIpc) is 3.15. The number of likely N-dealkylation sites (tertiary alicyclic amines) is 1. The molecular formula is C18H26N4O2. The topological polar surface area (TPSA) is 74.2 Å². The van der Waals surface area contributed by atoms with Gasteiger partial charge in [-0.2, -0.15) is 5.10 Å². The quantitative estimate of drug-likeness (QED) is 0.766. The number of aromatic amines is 1. The second-order valence-corrected chi connectivity index (χ2v) is 6.40. The van der Waals surface area contributed by atoms with E-state index in [0.717, 1.165) is 68.2 Å². The van der Waals surface area contributed by atoms with E-state index in [9.17, 15) is 4.79 Å². The zero-order chi connectivity index (χ0) is 16.8. The molecule has 2 aromatic rings. The van der Waals surface area contributed by atoms with Crippen LogP contribution in [0, 0.1) is 6.92 Å². The van der Waals surface area contributed by atoms with Crippen LogP contribution in [-0.4, -0.2) is 40.6 Å². The minimum absolute atomic E-state index is 0.317. The Kier molecular flexibility index (Phi) is 5.69. The van der Waals surface area contributed by atoms with Crippen LogP contribution < -0.4 is 5.32 Å². The number of hydrogen-bond acceptors (Lipinski definition) is 4. The Morgan fingerprint density at radius 2 is 2.25 bits per heavy atom. The van der Waals surface area contributed by atoms with Crippen LogP contribution in [0.5, 0.6) is 0 Å². The maximum Gasteiger partial charge on any atom is 0.222 e. The first-order valence-corrected chi connectivity index (χ1v) is 8.81. The van der Waals surface area contributed by atoms with E-state index in [2.05, 4.69) is 15.5 Å². The number of amides is 1. The number of nitrogens with one attached hydrogen (secondary N) is 2. The Morgan fingerprint density at radius 1 is 1.33 bits per heavy atom. The van der Waals surface area contributed by atoms with E-state index in [1.807, 2.05) is 30.2 Å². The van der Waals surface area contributed by atoms with Gasteiger partial charge in [-0.3, -0.25) is 9.89 Å². The maximum atomic E-state index is 12.0. The summed E-state index contributed by atoms with van der Waals surface area (Å²) in [7, 11) is 0. The highest BCUT2D eigenvalue weighted by Crippen LogP contribution is 2.23. The minimum atomic E-state index is 0.317. The molecule has 0 saturated carbocycles. The highest BCUT2D eigenvalue weighted by atomic mass is 16.3. The van der Waals surface area contributed by atoms with Gasteiger partial charge in [0, 0.05) is 31.6 Å². The number of nitrogens with zero attached hydrogens (tertiary/aromatic N) is 2. The summed E-state index contributed by atoms with van der Waals surface area (Å²) >= 11 is 0. The Morgan fingerprint density at radius 3 is 3.08 bits per heavy atom. The smallest absolute Gasteiger partial charge is 0.222 e. The molecule has 2 N–H and O–H groups in total. The van der Waals surface area contributed by atoms with Crippen LogP contribution in [0.15, 0.2) is 22.7 Å². The number of aryl methyl sites for hydroxylation is 1. The maximum absolute atomic E-state index is 12.0. The van der Waals surface area contributed by atoms with Gasteiger partial charge in [-0.1, -0.05) is 6.42 Å². The van der Waals surface area contributed by atoms with Crippen LogP contribution in [0.4, 0.5) is 0 Å². The molecule has 1 amide bonds. The molecule has 6 nitrogen and oxygen atoms in total. The lowest BCUT2D eigenvalue weighted by Gasteiger charge is -2.20. The number of aromatic nitrogens is 2. The second kappa shape index (κ2) is 8.15. The van der Waals surface area contributed by atoms with Gasteiger partial charge in [0.1, 0.15) is 11.5 Å². The van der Waals surface area contributed by atoms with Crippen molar-refractivity contribution in [2.75, 3.05) is 19.6 Å². The van der Waals surface area contributed by atoms with Crippen LogP contribution in [0.2, 0.25) is 0 Å². The van der Waals surface area contributed by atoms with Gasteiger partial charge in [0.05, 0.1) is 6.20 Å². The molecule has 1 aliphatic heterocycles. The van der Waals surface area contributed by atoms with Gasteiger partial charge in [0.25, 0.3) is 0 Å². The molecule has 3 heterocycles. The van der Waals surface area contributed by atoms with Crippen molar-refractivity contribution in [2.45, 2.75) is 45.6 Å². The van der Waals surface area contributed by atoms with Crippen molar-refractivity contribution in [1.82, 2.24) is 20.4 Å². The third-order valence-electron chi connectivity index (χ3n) is 4.47. The van der Waals surface area contributed by atoms with Crippen molar-refractivity contribution in [1.29, 1.82) is 0 Å². The summed E-state index contributed by atoms with van der Waals surface area (Å²) < 4.78 is 5.66. The lowest BCUT2D eigenvalue weighted by molar-refractivity contribution is -0.130. The Labute approximate surface area is 142 Å². The number of carbonyl (C=O) groups excluding carboxylic acids is 1. The molecule has 0 unspecified atom stereocenters. The van der Waals surface area contributed by atoms with E-state index < -0.39 is 0 Å². The molecule has 1 aliphatic rings. The van der Waals surface area contributed by atoms with E-state index >= 15 is 0 Å². The van der Waals surface area contributed by atoms with E-state index in [4.69, 9.17) is 4.42 Å². The largest absolute Gasteiger partial charge is 0.460 e. The summed E-state index contributed by atoms with van der Waals surface area (Å²) in [6.45, 7) is 5.32. The highest BCUT2D eigenvalue weighted by Gasteiger charge is 2.15. The number of rotatable bonds is 7. The van der Waals surface area contributed by atoms with Gasteiger partial charge < -0.3 is 14.6 Å². The fourth-order valence-corrected chi connectivity index (χ4v) is 3.12. The summed E-state index contributed by atoms with van der Waals surface area (Å²) in [6, 6.07) is 3.91. The molecular weight excluding hydrogens is 304 g/mol. The SMILES string of the molecule is Cc1ccc(-c2[nH]ncc2CNCCCN2CCCCCC2=O)o1. The molecule has 0 bridgehead atoms. The van der Waals surface area contributed by atoms with Crippen molar-refractivity contribution in [3.63, 3.8) is 0 Å². The molecule has 0 aliphatic carbocycles. The van der Waals surface area contributed by atoms with E-state index in [-0.39, 0.29) is 0 Å². The zero-order valence-corrected chi connectivity index (χ0v) is 14.3. The molecule has 0 atom stereocenters. The van der Waals surface area contributed by atoms with Crippen LogP contribution in [-0.2, 0) is 11.3 Å². The molecule has 3 rings (SSSR count). The Balaban J connectivity index is 1.43. The second-order valence-electron chi connectivity index (χ2n) is 6.40. The Hall–Kier alpha value is -2.08. The van der Waals surface area contributed by atoms with Crippen LogP contribution in [0.25, 0.3) is 11.5 Å². The highest BCUT2D eigenvalue weighted by molar-refractivity contribution is 5.76. The monoisotopic (exact) mass is 330 g/mol. The van der Waals surface area contributed by atoms with Gasteiger partial charge in [-0.15, -0.1) is 0 Å². The zero-order valence-electron chi connectivity index (χ0n) is 14.3. The van der Waals surface area contributed by atoms with E-state index in [1.165, 1.54) is 6.42 Å². The van der Waals surface area contributed by atoms with E-state index in [1.54, 1.807) is 0 Å². The van der Waals surface area contributed by atoms with Crippen LogP contribution >= 0.6 is 0 Å². The van der Waals surface area contributed by atoms with E-state index in [0.29, 0.717) is 12.3 Å². The van der Waals surface area contributed by atoms with Crippen molar-refractivity contribution < 1.29 is 9.21 Å². The molecule has 0 radical (unpaired) electrons. The van der Waals surface area contributed by atoms with Crippen molar-refractivity contribution >= 4 is 5.91 Å². The third-order valence-corrected chi connectivity index (χ3v) is 4.47.